The Morgan fingerprint density at radius 1 is 1.08 bits per heavy atom. The first kappa shape index (κ1) is 18.6. The number of fused-ring (bicyclic) bond motifs is 1. The van der Waals surface area contributed by atoms with Crippen molar-refractivity contribution in [1.82, 2.24) is 4.72 Å². The Hall–Kier alpha value is -0.210. The van der Waals surface area contributed by atoms with Crippen molar-refractivity contribution in [3.8, 4) is 0 Å². The highest BCUT2D eigenvalue weighted by Crippen LogP contribution is 2.51. The zero-order valence-electron chi connectivity index (χ0n) is 15.6. The molecule has 0 spiro atoms. The van der Waals surface area contributed by atoms with E-state index in [2.05, 4.69) is 36.6 Å². The molecule has 2 heteroatoms. The zero-order chi connectivity index (χ0) is 16.8. The Balaban J connectivity index is 1.50. The SMILES string of the molecule is CCCCCCCCC1CCC2CC3=C(C=CCC3CNS)CC12. The average Bonchev–Trinajstić information content (AvgIpc) is 2.99. The van der Waals surface area contributed by atoms with Gasteiger partial charge in [0.1, 0.15) is 0 Å². The Morgan fingerprint density at radius 2 is 1.92 bits per heavy atom. The summed E-state index contributed by atoms with van der Waals surface area (Å²) in [5, 5.41) is 0. The van der Waals surface area contributed by atoms with Crippen LogP contribution in [0, 0.1) is 23.7 Å². The molecule has 0 amide bonds. The standard InChI is InChI=1S/C22H37NS/c1-2-3-4-5-6-7-9-17-12-13-19-15-22-18(14-21(17)19)10-8-11-20(22)16-23-24/h8,10,17,19-21,23-24H,2-7,9,11-16H2,1H3. The number of allylic oxidation sites excluding steroid dienone is 3. The molecule has 1 nitrogen and oxygen atoms in total. The minimum Gasteiger partial charge on any atom is -0.266 e. The van der Waals surface area contributed by atoms with Crippen LogP contribution < -0.4 is 4.72 Å². The molecule has 4 unspecified atom stereocenters. The zero-order valence-corrected chi connectivity index (χ0v) is 16.5. The van der Waals surface area contributed by atoms with Gasteiger partial charge in [-0.2, -0.15) is 0 Å². The number of hydrogen-bond acceptors (Lipinski definition) is 2. The van der Waals surface area contributed by atoms with Gasteiger partial charge >= 0.3 is 0 Å². The second-order valence-corrected chi connectivity index (χ2v) is 8.79. The van der Waals surface area contributed by atoms with Crippen LogP contribution in [0.25, 0.3) is 0 Å². The molecular formula is C22H37NS. The summed E-state index contributed by atoms with van der Waals surface area (Å²) in [5.74, 6) is 3.71. The van der Waals surface area contributed by atoms with Crippen molar-refractivity contribution >= 4 is 12.8 Å². The fraction of sp³-hybridized carbons (Fsp3) is 0.818. The van der Waals surface area contributed by atoms with Crippen LogP contribution in [0.5, 0.6) is 0 Å². The van der Waals surface area contributed by atoms with Gasteiger partial charge in [0.25, 0.3) is 0 Å². The number of unbranched alkanes of at least 4 members (excludes halogenated alkanes) is 5. The van der Waals surface area contributed by atoms with E-state index in [4.69, 9.17) is 0 Å². The van der Waals surface area contributed by atoms with Gasteiger partial charge in [0.2, 0.25) is 0 Å². The lowest BCUT2D eigenvalue weighted by atomic mass is 9.69. The quantitative estimate of drug-likeness (QED) is 0.359. The molecule has 3 rings (SSSR count). The fourth-order valence-corrected chi connectivity index (χ4v) is 5.83. The van der Waals surface area contributed by atoms with Gasteiger partial charge in [-0.15, -0.1) is 0 Å². The van der Waals surface area contributed by atoms with Gasteiger partial charge in [-0.3, -0.25) is 4.72 Å². The minimum atomic E-state index is 0.709. The smallest absolute Gasteiger partial charge is 0.0125 e. The van der Waals surface area contributed by atoms with Crippen molar-refractivity contribution < 1.29 is 0 Å². The van der Waals surface area contributed by atoms with Crippen molar-refractivity contribution in [3.05, 3.63) is 23.3 Å². The van der Waals surface area contributed by atoms with Gasteiger partial charge in [-0.1, -0.05) is 82.4 Å². The van der Waals surface area contributed by atoms with Crippen LogP contribution in [-0.4, -0.2) is 6.54 Å². The van der Waals surface area contributed by atoms with Gasteiger partial charge in [0.05, 0.1) is 0 Å². The van der Waals surface area contributed by atoms with Crippen molar-refractivity contribution in [3.63, 3.8) is 0 Å². The summed E-state index contributed by atoms with van der Waals surface area (Å²) in [4.78, 5) is 0. The third kappa shape index (κ3) is 4.49. The Labute approximate surface area is 155 Å². The van der Waals surface area contributed by atoms with E-state index >= 15 is 0 Å². The maximum absolute atomic E-state index is 4.25. The van der Waals surface area contributed by atoms with Crippen molar-refractivity contribution in [2.45, 2.75) is 84.0 Å². The van der Waals surface area contributed by atoms with Crippen LogP contribution in [0.2, 0.25) is 0 Å². The molecule has 1 N–H and O–H groups in total. The molecule has 0 aromatic heterocycles. The molecule has 3 aliphatic carbocycles. The van der Waals surface area contributed by atoms with E-state index in [9.17, 15) is 0 Å². The summed E-state index contributed by atoms with van der Waals surface area (Å²) in [7, 11) is 0. The maximum Gasteiger partial charge on any atom is 0.0125 e. The molecule has 1 saturated carbocycles. The Kier molecular flexibility index (Phi) is 7.34. The van der Waals surface area contributed by atoms with Gasteiger partial charge in [0, 0.05) is 6.54 Å². The maximum atomic E-state index is 4.25. The first-order valence-electron chi connectivity index (χ1n) is 10.6. The second kappa shape index (κ2) is 9.48. The molecule has 0 heterocycles. The Morgan fingerprint density at radius 3 is 2.75 bits per heavy atom. The minimum absolute atomic E-state index is 0.709. The lowest BCUT2D eigenvalue weighted by molar-refractivity contribution is 0.265. The topological polar surface area (TPSA) is 12.0 Å². The summed E-state index contributed by atoms with van der Waals surface area (Å²) in [5.41, 5.74) is 3.48. The normalized spacial score (nSPS) is 32.1. The van der Waals surface area contributed by atoms with E-state index in [1.54, 1.807) is 11.1 Å². The molecule has 24 heavy (non-hydrogen) atoms. The molecule has 0 aromatic rings. The average molecular weight is 348 g/mol. The molecule has 0 bridgehead atoms. The van der Waals surface area contributed by atoms with Gasteiger partial charge in [0.15, 0.2) is 0 Å². The van der Waals surface area contributed by atoms with Crippen molar-refractivity contribution in [2.24, 2.45) is 23.7 Å². The molecule has 136 valence electrons. The molecule has 0 saturated heterocycles. The van der Waals surface area contributed by atoms with Crippen LogP contribution >= 0.6 is 12.8 Å². The highest BCUT2D eigenvalue weighted by atomic mass is 32.1. The summed E-state index contributed by atoms with van der Waals surface area (Å²) in [6.07, 6.45) is 22.0. The molecule has 3 aliphatic rings. The molecule has 0 aromatic carbocycles. The fourth-order valence-electron chi connectivity index (χ4n) is 5.61. The second-order valence-electron chi connectivity index (χ2n) is 8.47. The third-order valence-corrected chi connectivity index (χ3v) is 7.15. The van der Waals surface area contributed by atoms with Crippen LogP contribution in [0.1, 0.15) is 84.0 Å². The van der Waals surface area contributed by atoms with Gasteiger partial charge in [-0.25, -0.2) is 0 Å². The van der Waals surface area contributed by atoms with Crippen LogP contribution in [0.15, 0.2) is 23.3 Å². The third-order valence-electron chi connectivity index (χ3n) is 6.97. The van der Waals surface area contributed by atoms with Crippen molar-refractivity contribution in [1.29, 1.82) is 0 Å². The summed E-state index contributed by atoms with van der Waals surface area (Å²) in [6.45, 7) is 3.34. The number of nitrogens with one attached hydrogen (secondary N) is 1. The lowest BCUT2D eigenvalue weighted by Gasteiger charge is -2.37. The lowest BCUT2D eigenvalue weighted by Crippen LogP contribution is -2.28. The van der Waals surface area contributed by atoms with E-state index in [-0.39, 0.29) is 0 Å². The highest BCUT2D eigenvalue weighted by Gasteiger charge is 2.40. The summed E-state index contributed by atoms with van der Waals surface area (Å²) in [6, 6.07) is 0. The van der Waals surface area contributed by atoms with E-state index in [1.165, 1.54) is 77.0 Å². The first-order chi connectivity index (χ1) is 11.8. The van der Waals surface area contributed by atoms with Gasteiger partial charge in [-0.05, 0) is 61.3 Å². The predicted molar refractivity (Wildman–Crippen MR) is 108 cm³/mol. The van der Waals surface area contributed by atoms with E-state index in [0.29, 0.717) is 5.92 Å². The van der Waals surface area contributed by atoms with Crippen LogP contribution in [-0.2, 0) is 0 Å². The molecule has 1 fully saturated rings. The number of thiol groups is 1. The summed E-state index contributed by atoms with van der Waals surface area (Å²) >= 11 is 4.25. The van der Waals surface area contributed by atoms with Crippen LogP contribution in [0.4, 0.5) is 0 Å². The monoisotopic (exact) mass is 347 g/mol. The van der Waals surface area contributed by atoms with Gasteiger partial charge < -0.3 is 0 Å². The van der Waals surface area contributed by atoms with E-state index in [1.807, 2.05) is 0 Å². The molecule has 4 atom stereocenters. The molecule has 0 radical (unpaired) electrons. The predicted octanol–water partition coefficient (Wildman–Crippen LogP) is 6.48. The largest absolute Gasteiger partial charge is 0.266 e. The van der Waals surface area contributed by atoms with Crippen molar-refractivity contribution in [2.75, 3.05) is 6.54 Å². The number of hydrogen-bond donors (Lipinski definition) is 2. The number of rotatable bonds is 9. The van der Waals surface area contributed by atoms with Crippen LogP contribution in [0.3, 0.4) is 0 Å². The van der Waals surface area contributed by atoms with E-state index in [0.717, 1.165) is 24.3 Å². The molecule has 0 aliphatic heterocycles. The first-order valence-corrected chi connectivity index (χ1v) is 11.0. The molecular weight excluding hydrogens is 310 g/mol. The Bertz CT molecular complexity index is 453. The highest BCUT2D eigenvalue weighted by molar-refractivity contribution is 7.78. The van der Waals surface area contributed by atoms with E-state index < -0.39 is 0 Å². The summed E-state index contributed by atoms with van der Waals surface area (Å²) < 4.78 is 3.11.